The molecule has 1 aliphatic rings. The molecule has 0 fully saturated rings. The van der Waals surface area contributed by atoms with Crippen LogP contribution < -0.4 is 10.9 Å². The third-order valence-corrected chi connectivity index (χ3v) is 6.86. The van der Waals surface area contributed by atoms with E-state index in [-0.39, 0.29) is 11.2 Å². The zero-order valence-electron chi connectivity index (χ0n) is 20.6. The van der Waals surface area contributed by atoms with Crippen molar-refractivity contribution in [3.05, 3.63) is 87.5 Å². The topological polar surface area (TPSA) is 95.2 Å². The van der Waals surface area contributed by atoms with Gasteiger partial charge in [0.2, 0.25) is 0 Å². The maximum Gasteiger partial charge on any atom is 0.339 e. The van der Waals surface area contributed by atoms with Crippen LogP contribution in [0.3, 0.4) is 0 Å². The molecule has 2 heterocycles. The van der Waals surface area contributed by atoms with Crippen LogP contribution in [0.2, 0.25) is 0 Å². The Morgan fingerprint density at radius 3 is 2.61 bits per heavy atom. The van der Waals surface area contributed by atoms with Crippen molar-refractivity contribution in [1.29, 1.82) is 0 Å². The number of carbonyl (C=O) groups is 2. The lowest BCUT2D eigenvalue weighted by Gasteiger charge is -2.24. The molecule has 0 spiro atoms. The smallest absolute Gasteiger partial charge is 0.339 e. The van der Waals surface area contributed by atoms with Gasteiger partial charge in [-0.2, -0.15) is 0 Å². The molecule has 8 heteroatoms. The van der Waals surface area contributed by atoms with Gasteiger partial charge in [0.1, 0.15) is 5.69 Å². The molecule has 0 bridgehead atoms. The van der Waals surface area contributed by atoms with Crippen LogP contribution in [-0.2, 0) is 29.4 Å². The molecule has 1 atom stereocenters. The summed E-state index contributed by atoms with van der Waals surface area (Å²) in [6, 6.07) is 16.7. The Kier molecular flexibility index (Phi) is 6.18. The summed E-state index contributed by atoms with van der Waals surface area (Å²) in [5.41, 5.74) is 4.12. The number of benzene rings is 2. The third-order valence-electron chi connectivity index (χ3n) is 6.86. The molecule has 1 aliphatic carbocycles. The van der Waals surface area contributed by atoms with Gasteiger partial charge in [-0.25, -0.2) is 9.48 Å². The molecule has 184 valence electrons. The lowest BCUT2D eigenvalue weighted by atomic mass is 9.84. The standard InChI is InChI=1S/C28H28N4O4/c1-17-13-14-23-21(15-17)25(20-11-7-8-12-22(20)29-23)28(35)36-16-24(33)30-26-18(2)31(3)32(27(26)34)19-9-5-4-6-10-19/h4-12,17H,13-16H2,1-3H3,(H,30,33). The molecule has 8 nitrogen and oxygen atoms in total. The van der Waals surface area contributed by atoms with Gasteiger partial charge in [0.25, 0.3) is 11.5 Å². The molecular formula is C28H28N4O4. The molecule has 2 aromatic carbocycles. The molecule has 0 radical (unpaired) electrons. The Morgan fingerprint density at radius 1 is 1.11 bits per heavy atom. The molecule has 0 saturated heterocycles. The molecule has 0 aliphatic heterocycles. The minimum absolute atomic E-state index is 0.156. The zero-order valence-corrected chi connectivity index (χ0v) is 20.6. The number of hydrogen-bond donors (Lipinski definition) is 1. The van der Waals surface area contributed by atoms with E-state index < -0.39 is 18.5 Å². The third kappa shape index (κ3) is 4.19. The molecule has 36 heavy (non-hydrogen) atoms. The zero-order chi connectivity index (χ0) is 25.4. The Balaban J connectivity index is 1.38. The molecule has 2 aromatic heterocycles. The summed E-state index contributed by atoms with van der Waals surface area (Å²) in [5.74, 6) is -0.696. The number of carbonyl (C=O) groups excluding carboxylic acids is 2. The van der Waals surface area contributed by atoms with Gasteiger partial charge in [-0.15, -0.1) is 0 Å². The Labute approximate surface area is 208 Å². The minimum Gasteiger partial charge on any atom is -0.452 e. The van der Waals surface area contributed by atoms with Gasteiger partial charge in [0.15, 0.2) is 6.61 Å². The van der Waals surface area contributed by atoms with E-state index >= 15 is 0 Å². The number of ether oxygens (including phenoxy) is 1. The van der Waals surface area contributed by atoms with Crippen LogP contribution in [0.1, 0.15) is 40.7 Å². The highest BCUT2D eigenvalue weighted by atomic mass is 16.5. The van der Waals surface area contributed by atoms with Gasteiger partial charge in [-0.3, -0.25) is 19.3 Å². The van der Waals surface area contributed by atoms with Crippen molar-refractivity contribution < 1.29 is 14.3 Å². The summed E-state index contributed by atoms with van der Waals surface area (Å²) in [6.07, 6.45) is 2.57. The average Bonchev–Trinajstić information content (AvgIpc) is 3.09. The van der Waals surface area contributed by atoms with Gasteiger partial charge in [0, 0.05) is 18.1 Å². The van der Waals surface area contributed by atoms with Crippen molar-refractivity contribution in [2.45, 2.75) is 33.1 Å². The van der Waals surface area contributed by atoms with E-state index in [2.05, 4.69) is 12.2 Å². The van der Waals surface area contributed by atoms with Crippen molar-refractivity contribution in [1.82, 2.24) is 14.3 Å². The van der Waals surface area contributed by atoms with Gasteiger partial charge < -0.3 is 10.1 Å². The average molecular weight is 485 g/mol. The quantitative estimate of drug-likeness (QED) is 0.433. The first-order chi connectivity index (χ1) is 17.3. The van der Waals surface area contributed by atoms with E-state index in [0.29, 0.717) is 22.9 Å². The molecule has 5 rings (SSSR count). The number of hydrogen-bond acceptors (Lipinski definition) is 5. The number of nitrogens with zero attached hydrogens (tertiary/aromatic N) is 3. The van der Waals surface area contributed by atoms with E-state index in [0.717, 1.165) is 41.4 Å². The maximum absolute atomic E-state index is 13.3. The number of para-hydroxylation sites is 2. The SMILES string of the molecule is Cc1c(NC(=O)COC(=O)c2c3c(nc4ccccc24)CCC(C)C3)c(=O)n(-c2ccccc2)n1C. The summed E-state index contributed by atoms with van der Waals surface area (Å²) >= 11 is 0. The number of rotatable bonds is 5. The van der Waals surface area contributed by atoms with E-state index in [1.54, 1.807) is 18.7 Å². The molecule has 1 unspecified atom stereocenters. The van der Waals surface area contributed by atoms with E-state index in [9.17, 15) is 14.4 Å². The van der Waals surface area contributed by atoms with Crippen LogP contribution in [0.5, 0.6) is 0 Å². The summed E-state index contributed by atoms with van der Waals surface area (Å²) in [6.45, 7) is 3.41. The van der Waals surface area contributed by atoms with Crippen LogP contribution in [0.4, 0.5) is 5.69 Å². The lowest BCUT2D eigenvalue weighted by Crippen LogP contribution is -2.26. The van der Waals surface area contributed by atoms with E-state index in [1.165, 1.54) is 4.68 Å². The summed E-state index contributed by atoms with van der Waals surface area (Å²) in [5, 5.41) is 3.36. The minimum atomic E-state index is -0.574. The fraction of sp³-hybridized carbons (Fsp3) is 0.286. The summed E-state index contributed by atoms with van der Waals surface area (Å²) < 4.78 is 8.63. The van der Waals surface area contributed by atoms with Crippen LogP contribution in [-0.4, -0.2) is 32.8 Å². The summed E-state index contributed by atoms with van der Waals surface area (Å²) in [7, 11) is 1.75. The Bertz CT molecular complexity index is 1530. The second-order valence-corrected chi connectivity index (χ2v) is 9.34. The van der Waals surface area contributed by atoms with Crippen molar-refractivity contribution in [3.63, 3.8) is 0 Å². The first kappa shape index (κ1) is 23.5. The Morgan fingerprint density at radius 2 is 1.83 bits per heavy atom. The van der Waals surface area contributed by atoms with Gasteiger partial charge in [0.05, 0.1) is 22.5 Å². The Hall–Kier alpha value is -4.20. The predicted octanol–water partition coefficient (Wildman–Crippen LogP) is 3.95. The second kappa shape index (κ2) is 9.45. The molecule has 1 amide bonds. The number of nitrogens with one attached hydrogen (secondary N) is 1. The van der Waals surface area contributed by atoms with Gasteiger partial charge >= 0.3 is 5.97 Å². The van der Waals surface area contributed by atoms with Crippen LogP contribution in [0.15, 0.2) is 59.4 Å². The lowest BCUT2D eigenvalue weighted by molar-refractivity contribution is -0.119. The normalized spacial score (nSPS) is 14.9. The van der Waals surface area contributed by atoms with E-state index in [1.807, 2.05) is 54.6 Å². The highest BCUT2D eigenvalue weighted by Gasteiger charge is 2.27. The molecule has 1 N–H and O–H groups in total. The largest absolute Gasteiger partial charge is 0.452 e. The number of aromatic nitrogens is 3. The maximum atomic E-state index is 13.3. The predicted molar refractivity (Wildman–Crippen MR) is 138 cm³/mol. The fourth-order valence-corrected chi connectivity index (χ4v) is 4.89. The van der Waals surface area contributed by atoms with Crippen LogP contribution >= 0.6 is 0 Å². The van der Waals surface area contributed by atoms with Crippen LogP contribution in [0, 0.1) is 12.8 Å². The van der Waals surface area contributed by atoms with Crippen LogP contribution in [0.25, 0.3) is 16.6 Å². The first-order valence-electron chi connectivity index (χ1n) is 12.1. The highest BCUT2D eigenvalue weighted by molar-refractivity contribution is 6.06. The van der Waals surface area contributed by atoms with Crippen molar-refractivity contribution in [2.24, 2.45) is 13.0 Å². The van der Waals surface area contributed by atoms with Crippen molar-refractivity contribution >= 4 is 28.5 Å². The monoisotopic (exact) mass is 484 g/mol. The number of anilines is 1. The first-order valence-corrected chi connectivity index (χ1v) is 12.1. The number of fused-ring (bicyclic) bond motifs is 2. The van der Waals surface area contributed by atoms with Crippen molar-refractivity contribution in [2.75, 3.05) is 11.9 Å². The van der Waals surface area contributed by atoms with Gasteiger partial charge in [-0.1, -0.05) is 43.3 Å². The van der Waals surface area contributed by atoms with E-state index in [4.69, 9.17) is 9.72 Å². The number of esters is 1. The number of pyridine rings is 1. The molecule has 0 saturated carbocycles. The van der Waals surface area contributed by atoms with Crippen molar-refractivity contribution in [3.8, 4) is 5.69 Å². The summed E-state index contributed by atoms with van der Waals surface area (Å²) in [4.78, 5) is 43.9. The number of aryl methyl sites for hydroxylation is 1. The molecular weight excluding hydrogens is 456 g/mol. The fourth-order valence-electron chi connectivity index (χ4n) is 4.89. The van der Waals surface area contributed by atoms with Gasteiger partial charge in [-0.05, 0) is 55.9 Å². The number of amides is 1. The second-order valence-electron chi connectivity index (χ2n) is 9.34. The highest BCUT2D eigenvalue weighted by Crippen LogP contribution is 2.32. The molecule has 4 aromatic rings.